The van der Waals surface area contributed by atoms with Crippen LogP contribution >= 0.6 is 11.3 Å². The van der Waals surface area contributed by atoms with Crippen molar-refractivity contribution in [3.63, 3.8) is 0 Å². The Morgan fingerprint density at radius 3 is 2.52 bits per heavy atom. The van der Waals surface area contributed by atoms with Crippen LogP contribution in [0, 0.1) is 11.6 Å². The zero-order valence-electron chi connectivity index (χ0n) is 14.9. The van der Waals surface area contributed by atoms with Gasteiger partial charge in [-0.15, -0.1) is 10.2 Å². The number of halogens is 2. The number of amides is 1. The molecule has 0 fully saturated rings. The summed E-state index contributed by atoms with van der Waals surface area (Å²) >= 11 is 1.01. The molecule has 3 aromatic rings. The van der Waals surface area contributed by atoms with E-state index in [0.29, 0.717) is 17.2 Å². The van der Waals surface area contributed by atoms with Crippen LogP contribution in [0.25, 0.3) is 0 Å². The number of aryl methyl sites for hydroxylation is 1. The fraction of sp³-hybridized carbons (Fsp3) is 0.158. The third kappa shape index (κ3) is 5.79. The summed E-state index contributed by atoms with van der Waals surface area (Å²) in [5.74, 6) is -2.96. The second kappa shape index (κ2) is 9.20. The molecule has 2 aromatic carbocycles. The second-order valence-corrected chi connectivity index (χ2v) is 6.97. The van der Waals surface area contributed by atoms with E-state index in [0.717, 1.165) is 29.0 Å². The highest BCUT2D eigenvalue weighted by atomic mass is 32.1. The van der Waals surface area contributed by atoms with Crippen LogP contribution < -0.4 is 10.1 Å². The van der Waals surface area contributed by atoms with Gasteiger partial charge in [0.1, 0.15) is 12.4 Å². The maximum atomic E-state index is 13.2. The summed E-state index contributed by atoms with van der Waals surface area (Å²) in [5.41, 5.74) is 0.983. The van der Waals surface area contributed by atoms with E-state index in [1.807, 2.05) is 0 Å². The smallest absolute Gasteiger partial charge is 0.303 e. The number of anilines is 1. The molecule has 0 bridgehead atoms. The number of benzene rings is 2. The molecule has 0 aliphatic carbocycles. The van der Waals surface area contributed by atoms with Crippen LogP contribution in [0.3, 0.4) is 0 Å². The largest absolute Gasteiger partial charge is 0.486 e. The molecule has 1 heterocycles. The van der Waals surface area contributed by atoms with Crippen molar-refractivity contribution >= 4 is 28.9 Å². The first kappa shape index (κ1) is 20.3. The minimum absolute atomic E-state index is 0.0531. The first-order chi connectivity index (χ1) is 13.9. The molecule has 0 radical (unpaired) electrons. The Morgan fingerprint density at radius 2 is 1.83 bits per heavy atom. The molecule has 150 valence electrons. The third-order valence-electron chi connectivity index (χ3n) is 3.75. The number of carbonyl (C=O) groups is 2. The standard InChI is InChI=1S/C19H15F2N3O4S/c20-14-7-4-12(9-15(14)21)22-18(27)19-24-23-16(29-19)10-28-13-5-1-11(2-6-13)3-8-17(25)26/h1-2,4-7,9H,3,8,10H2,(H,22,27)(H,25,26). The molecule has 0 unspecified atom stereocenters. The summed E-state index contributed by atoms with van der Waals surface area (Å²) < 4.78 is 31.7. The lowest BCUT2D eigenvalue weighted by molar-refractivity contribution is -0.136. The van der Waals surface area contributed by atoms with Crippen LogP contribution in [0.15, 0.2) is 42.5 Å². The van der Waals surface area contributed by atoms with Gasteiger partial charge in [0.25, 0.3) is 5.91 Å². The number of carboxylic acids is 1. The highest BCUT2D eigenvalue weighted by molar-refractivity contribution is 7.13. The zero-order chi connectivity index (χ0) is 20.8. The maximum absolute atomic E-state index is 13.2. The van der Waals surface area contributed by atoms with Crippen molar-refractivity contribution < 1.29 is 28.2 Å². The Hall–Kier alpha value is -3.40. The quantitative estimate of drug-likeness (QED) is 0.578. The number of aliphatic carboxylic acids is 1. The predicted octanol–water partition coefficient (Wildman–Crippen LogP) is 3.66. The zero-order valence-corrected chi connectivity index (χ0v) is 15.7. The van der Waals surface area contributed by atoms with Gasteiger partial charge in [0.05, 0.1) is 0 Å². The number of carbonyl (C=O) groups excluding carboxylic acids is 1. The van der Waals surface area contributed by atoms with Gasteiger partial charge in [-0.2, -0.15) is 0 Å². The van der Waals surface area contributed by atoms with Crippen molar-refractivity contribution in [3.8, 4) is 5.75 Å². The Kier molecular flexibility index (Phi) is 6.45. The summed E-state index contributed by atoms with van der Waals surface area (Å²) in [5, 5.41) is 19.3. The first-order valence-corrected chi connectivity index (χ1v) is 9.24. The number of carboxylic acid groups (broad SMARTS) is 1. The molecule has 0 aliphatic rings. The number of ether oxygens (including phenoxy) is 1. The van der Waals surface area contributed by atoms with Crippen LogP contribution in [0.5, 0.6) is 5.75 Å². The van der Waals surface area contributed by atoms with Crippen LogP contribution in [0.4, 0.5) is 14.5 Å². The summed E-state index contributed by atoms with van der Waals surface area (Å²) in [7, 11) is 0. The van der Waals surface area contributed by atoms with Crippen molar-refractivity contribution in [1.82, 2.24) is 10.2 Å². The highest BCUT2D eigenvalue weighted by Gasteiger charge is 2.14. The van der Waals surface area contributed by atoms with Gasteiger partial charge in [0.15, 0.2) is 16.6 Å². The van der Waals surface area contributed by atoms with Gasteiger partial charge < -0.3 is 15.2 Å². The van der Waals surface area contributed by atoms with Crippen LogP contribution in [-0.4, -0.2) is 27.2 Å². The van der Waals surface area contributed by atoms with Crippen LogP contribution in [0.2, 0.25) is 0 Å². The van der Waals surface area contributed by atoms with E-state index >= 15 is 0 Å². The van der Waals surface area contributed by atoms with E-state index in [4.69, 9.17) is 9.84 Å². The van der Waals surface area contributed by atoms with Gasteiger partial charge in [-0.25, -0.2) is 8.78 Å². The molecule has 29 heavy (non-hydrogen) atoms. The second-order valence-electron chi connectivity index (χ2n) is 5.91. The molecular weight excluding hydrogens is 404 g/mol. The molecule has 0 saturated heterocycles. The molecule has 1 aromatic heterocycles. The molecule has 0 spiro atoms. The minimum Gasteiger partial charge on any atom is -0.486 e. The van der Waals surface area contributed by atoms with Gasteiger partial charge in [-0.3, -0.25) is 9.59 Å². The Morgan fingerprint density at radius 1 is 1.07 bits per heavy atom. The number of rotatable bonds is 8. The Bertz CT molecular complexity index is 1020. The maximum Gasteiger partial charge on any atom is 0.303 e. The molecule has 0 aliphatic heterocycles. The molecule has 2 N–H and O–H groups in total. The normalized spacial score (nSPS) is 10.6. The Balaban J connectivity index is 1.53. The summed E-state index contributed by atoms with van der Waals surface area (Å²) in [6, 6.07) is 10.0. The minimum atomic E-state index is -1.07. The van der Waals surface area contributed by atoms with Gasteiger partial charge in [-0.05, 0) is 36.2 Å². The van der Waals surface area contributed by atoms with E-state index in [1.165, 1.54) is 6.07 Å². The summed E-state index contributed by atoms with van der Waals surface area (Å²) in [4.78, 5) is 22.7. The molecular formula is C19H15F2N3O4S. The number of aromatic nitrogens is 2. The van der Waals surface area contributed by atoms with Crippen molar-refractivity contribution in [2.24, 2.45) is 0 Å². The van der Waals surface area contributed by atoms with Crippen molar-refractivity contribution in [3.05, 3.63) is 69.7 Å². The van der Waals surface area contributed by atoms with E-state index in [1.54, 1.807) is 24.3 Å². The summed E-state index contributed by atoms with van der Waals surface area (Å²) in [6.07, 6.45) is 0.489. The van der Waals surface area contributed by atoms with Crippen LogP contribution in [-0.2, 0) is 17.8 Å². The van der Waals surface area contributed by atoms with Crippen molar-refractivity contribution in [1.29, 1.82) is 0 Å². The third-order valence-corrected chi connectivity index (χ3v) is 4.65. The van der Waals surface area contributed by atoms with E-state index in [-0.39, 0.29) is 23.7 Å². The lowest BCUT2D eigenvalue weighted by atomic mass is 10.1. The predicted molar refractivity (Wildman–Crippen MR) is 101 cm³/mol. The SMILES string of the molecule is O=C(O)CCc1ccc(OCc2nnc(C(=O)Nc3ccc(F)c(F)c3)s2)cc1. The molecule has 0 atom stereocenters. The average molecular weight is 419 g/mol. The average Bonchev–Trinajstić information content (AvgIpc) is 3.17. The monoisotopic (exact) mass is 419 g/mol. The van der Waals surface area contributed by atoms with Crippen molar-refractivity contribution in [2.75, 3.05) is 5.32 Å². The summed E-state index contributed by atoms with van der Waals surface area (Å²) in [6.45, 7) is 0.0879. The fourth-order valence-electron chi connectivity index (χ4n) is 2.31. The number of hydrogen-bond donors (Lipinski definition) is 2. The fourth-order valence-corrected chi connectivity index (χ4v) is 2.96. The number of nitrogens with zero attached hydrogens (tertiary/aromatic N) is 2. The molecule has 7 nitrogen and oxygen atoms in total. The van der Waals surface area contributed by atoms with E-state index in [2.05, 4.69) is 15.5 Å². The Labute approximate surface area is 168 Å². The van der Waals surface area contributed by atoms with E-state index < -0.39 is 23.5 Å². The lowest BCUT2D eigenvalue weighted by Crippen LogP contribution is -2.11. The molecule has 3 rings (SSSR count). The first-order valence-electron chi connectivity index (χ1n) is 8.43. The highest BCUT2D eigenvalue weighted by Crippen LogP contribution is 2.19. The number of nitrogens with one attached hydrogen (secondary N) is 1. The van der Waals surface area contributed by atoms with Gasteiger partial charge in [0.2, 0.25) is 5.01 Å². The van der Waals surface area contributed by atoms with Gasteiger partial charge >= 0.3 is 5.97 Å². The molecule has 0 saturated carbocycles. The van der Waals surface area contributed by atoms with E-state index in [9.17, 15) is 18.4 Å². The molecule has 1 amide bonds. The number of hydrogen-bond acceptors (Lipinski definition) is 6. The van der Waals surface area contributed by atoms with Crippen molar-refractivity contribution in [2.45, 2.75) is 19.4 Å². The molecule has 10 heteroatoms. The van der Waals surface area contributed by atoms with Gasteiger partial charge in [-0.1, -0.05) is 23.5 Å². The van der Waals surface area contributed by atoms with Crippen LogP contribution in [0.1, 0.15) is 26.8 Å². The topological polar surface area (TPSA) is 101 Å². The lowest BCUT2D eigenvalue weighted by Gasteiger charge is -2.05. The van der Waals surface area contributed by atoms with Gasteiger partial charge in [0, 0.05) is 18.2 Å².